The predicted molar refractivity (Wildman–Crippen MR) is 51.8 cm³/mol. The maximum absolute atomic E-state index is 10.6. The molecular weight excluding hydrogens is 279 g/mol. The maximum atomic E-state index is 10.6. The van der Waals surface area contributed by atoms with E-state index in [0.29, 0.717) is 5.56 Å². The number of nitrogens with zero attached hydrogens (tertiary/aromatic N) is 1. The van der Waals surface area contributed by atoms with E-state index < -0.39 is 10.9 Å². The van der Waals surface area contributed by atoms with Crippen LogP contribution in [0, 0.1) is 0 Å². The number of Topliss-reactive ketones (excluding diaryl/α,β-unsaturated/α-hetero) is 1. The van der Waals surface area contributed by atoms with E-state index in [9.17, 15) is 4.79 Å². The Hall–Kier alpha value is 0.196. The summed E-state index contributed by atoms with van der Waals surface area (Å²) in [6.07, 6.45) is 3.22. The first kappa shape index (κ1) is 13.2. The zero-order valence-corrected chi connectivity index (χ0v) is 9.94. The first-order valence-electron chi connectivity index (χ1n) is 3.09. The van der Waals surface area contributed by atoms with Gasteiger partial charge in [0.15, 0.2) is 5.78 Å². The van der Waals surface area contributed by atoms with Gasteiger partial charge in [0.05, 0.1) is 0 Å². The average Bonchev–Trinajstić information content (AvgIpc) is 2.05. The molecule has 1 heterocycles. The molecule has 0 aliphatic heterocycles. The Kier molecular flexibility index (Phi) is 7.70. The summed E-state index contributed by atoms with van der Waals surface area (Å²) in [6.45, 7) is 1.54. The molecule has 13 heavy (non-hydrogen) atoms. The molecule has 0 amide bonds. The molecule has 0 radical (unpaired) electrons. The van der Waals surface area contributed by atoms with Crippen LogP contribution >= 0.6 is 30.4 Å². The number of ketones is 1. The summed E-state index contributed by atoms with van der Waals surface area (Å²) in [7, 11) is 13.4. The second kappa shape index (κ2) is 7.59. The second-order valence-electron chi connectivity index (χ2n) is 1.93. The summed E-state index contributed by atoms with van der Waals surface area (Å²) in [5, 5.41) is 0. The van der Waals surface area contributed by atoms with Crippen LogP contribution in [-0.4, -0.2) is 10.8 Å². The molecule has 76 valence electrons. The zero-order chi connectivity index (χ0) is 10.3. The van der Waals surface area contributed by atoms with Crippen molar-refractivity contribution in [3.8, 4) is 0 Å². The summed E-state index contributed by atoms with van der Waals surface area (Å²) in [5.74, 6) is 0.0809. The van der Waals surface area contributed by atoms with E-state index >= 15 is 0 Å². The van der Waals surface area contributed by atoms with Crippen LogP contribution in [0.25, 0.3) is 0 Å². The molecule has 6 heteroatoms. The molecule has 0 aliphatic carbocycles. The zero-order valence-electron chi connectivity index (χ0n) is 6.63. The average molecular weight is 286 g/mol. The fraction of sp³-hybridized carbons (Fsp3) is 0.143. The molecule has 0 N–H and O–H groups in total. The third kappa shape index (κ3) is 8.52. The van der Waals surface area contributed by atoms with Crippen molar-refractivity contribution in [2.45, 2.75) is 6.92 Å². The first-order chi connectivity index (χ1) is 6.04. The summed E-state index contributed by atoms with van der Waals surface area (Å²) in [5.41, 5.74) is 0.713. The van der Waals surface area contributed by atoms with Crippen LogP contribution in [0.1, 0.15) is 17.3 Å². The SMILES string of the molecule is CC(=O)c1ccncc1.[Cl][Co]([Cl])[Cl]. The molecule has 0 atom stereocenters. The van der Waals surface area contributed by atoms with E-state index in [-0.39, 0.29) is 5.78 Å². The Bertz CT molecular complexity index is 252. The van der Waals surface area contributed by atoms with Gasteiger partial charge in [-0.15, -0.1) is 0 Å². The molecule has 0 aliphatic rings. The molecule has 0 saturated heterocycles. The minimum atomic E-state index is -1.19. The van der Waals surface area contributed by atoms with Crippen molar-refractivity contribution in [2.75, 3.05) is 0 Å². The summed E-state index contributed by atoms with van der Waals surface area (Å²) >= 11 is 0. The molecule has 0 unspecified atom stereocenters. The standard InChI is InChI=1S/C7H7NO.3ClH.Co/c1-6(9)7-2-4-8-5-3-7;;;;/h2-5H,1H3;3*1H;/q;;;;+3/p-3. The molecule has 0 spiro atoms. The monoisotopic (exact) mass is 285 g/mol. The second-order valence-corrected chi connectivity index (χ2v) is 7.09. The molecule has 0 saturated carbocycles. The van der Waals surface area contributed by atoms with E-state index in [0.717, 1.165) is 0 Å². The minimum absolute atomic E-state index is 0.0809. The van der Waals surface area contributed by atoms with Crippen LogP contribution in [0.3, 0.4) is 0 Å². The van der Waals surface area contributed by atoms with Gasteiger partial charge in [-0.25, -0.2) is 0 Å². The fourth-order valence-corrected chi connectivity index (χ4v) is 0.587. The van der Waals surface area contributed by atoms with Crippen LogP contribution in [0.5, 0.6) is 0 Å². The van der Waals surface area contributed by atoms with Crippen molar-refractivity contribution in [3.63, 3.8) is 0 Å². The normalized spacial score (nSPS) is 9.69. The van der Waals surface area contributed by atoms with Gasteiger partial charge in [-0.1, -0.05) is 0 Å². The first-order valence-corrected chi connectivity index (χ1v) is 7.39. The van der Waals surface area contributed by atoms with Crippen molar-refractivity contribution >= 4 is 36.2 Å². The summed E-state index contributed by atoms with van der Waals surface area (Å²) in [4.78, 5) is 14.4. The van der Waals surface area contributed by atoms with Crippen molar-refractivity contribution in [1.82, 2.24) is 4.98 Å². The third-order valence-electron chi connectivity index (χ3n) is 1.09. The van der Waals surface area contributed by atoms with E-state index in [4.69, 9.17) is 30.4 Å². The summed E-state index contributed by atoms with van der Waals surface area (Å²) < 4.78 is 0. The Labute approximate surface area is 93.7 Å². The van der Waals surface area contributed by atoms with Gasteiger partial charge in [0.2, 0.25) is 0 Å². The Balaban J connectivity index is 0.000000310. The third-order valence-corrected chi connectivity index (χ3v) is 1.09. The quantitative estimate of drug-likeness (QED) is 0.741. The van der Waals surface area contributed by atoms with Gasteiger partial charge in [0.25, 0.3) is 0 Å². The topological polar surface area (TPSA) is 30.0 Å². The number of hydrogen-bond acceptors (Lipinski definition) is 2. The molecule has 1 aromatic rings. The van der Waals surface area contributed by atoms with Crippen molar-refractivity contribution in [1.29, 1.82) is 0 Å². The van der Waals surface area contributed by atoms with Gasteiger partial charge < -0.3 is 0 Å². The fourth-order valence-electron chi connectivity index (χ4n) is 0.587. The Morgan fingerprint density at radius 3 is 1.92 bits per heavy atom. The van der Waals surface area contributed by atoms with Crippen LogP contribution in [0.4, 0.5) is 0 Å². The number of halogens is 3. The van der Waals surface area contributed by atoms with Crippen LogP contribution < -0.4 is 0 Å². The van der Waals surface area contributed by atoms with Gasteiger partial charge in [-0.05, 0) is 19.1 Å². The number of pyridine rings is 1. The van der Waals surface area contributed by atoms with Crippen LogP contribution in [0.2, 0.25) is 0 Å². The van der Waals surface area contributed by atoms with Crippen molar-refractivity contribution in [2.24, 2.45) is 0 Å². The van der Waals surface area contributed by atoms with Gasteiger partial charge in [-0.2, -0.15) is 0 Å². The van der Waals surface area contributed by atoms with E-state index in [1.54, 1.807) is 24.5 Å². The molecule has 1 aromatic heterocycles. The van der Waals surface area contributed by atoms with Crippen LogP contribution in [0.15, 0.2) is 24.5 Å². The van der Waals surface area contributed by atoms with Crippen LogP contribution in [-0.2, 0) is 10.9 Å². The predicted octanol–water partition coefficient (Wildman–Crippen LogP) is 3.35. The molecule has 2 nitrogen and oxygen atoms in total. The molecule has 0 bridgehead atoms. The molecular formula is C7H7Cl3CoNO. The van der Waals surface area contributed by atoms with Gasteiger partial charge in [0.1, 0.15) is 0 Å². The van der Waals surface area contributed by atoms with E-state index in [1.165, 1.54) is 6.92 Å². The number of aromatic nitrogens is 1. The number of carbonyl (C=O) groups excluding carboxylic acids is 1. The molecule has 0 fully saturated rings. The van der Waals surface area contributed by atoms with E-state index in [1.807, 2.05) is 0 Å². The Morgan fingerprint density at radius 1 is 1.31 bits per heavy atom. The summed E-state index contributed by atoms with van der Waals surface area (Å²) in [6, 6.07) is 3.39. The van der Waals surface area contributed by atoms with Crippen molar-refractivity contribution < 1.29 is 15.7 Å². The molecule has 0 aromatic carbocycles. The number of hydrogen-bond donors (Lipinski definition) is 0. The van der Waals surface area contributed by atoms with Gasteiger partial charge in [0, 0.05) is 18.0 Å². The Morgan fingerprint density at radius 2 is 1.69 bits per heavy atom. The molecule has 1 rings (SSSR count). The number of carbonyl (C=O) groups is 1. The van der Waals surface area contributed by atoms with E-state index in [2.05, 4.69) is 4.98 Å². The van der Waals surface area contributed by atoms with Gasteiger partial charge >= 0.3 is 41.4 Å². The van der Waals surface area contributed by atoms with Gasteiger partial charge in [-0.3, -0.25) is 9.78 Å². The van der Waals surface area contributed by atoms with Crippen molar-refractivity contribution in [3.05, 3.63) is 30.1 Å². The number of rotatable bonds is 1.